The molecule has 1 saturated carbocycles. The summed E-state index contributed by atoms with van der Waals surface area (Å²) >= 11 is 0. The molecule has 38 heavy (non-hydrogen) atoms. The third-order valence-corrected chi connectivity index (χ3v) is 9.03. The Balaban J connectivity index is 1.76. The van der Waals surface area contributed by atoms with Gasteiger partial charge in [-0.3, -0.25) is 13.9 Å². The molecular weight excluding hydrogens is 506 g/mol. The Morgan fingerprint density at radius 2 is 1.82 bits per heavy atom. The molecule has 1 saturated heterocycles. The lowest BCUT2D eigenvalue weighted by molar-refractivity contribution is 0.0719. The number of imidazole rings is 1. The van der Waals surface area contributed by atoms with Crippen molar-refractivity contribution in [3.05, 3.63) is 46.5 Å². The number of aliphatic hydroxyl groups is 1. The van der Waals surface area contributed by atoms with Crippen LogP contribution in [-0.4, -0.2) is 78.0 Å². The number of carbonyl (C=O) groups excluding carboxylic acids is 1. The lowest BCUT2D eigenvalue weighted by atomic mass is 9.92. The van der Waals surface area contributed by atoms with Crippen molar-refractivity contribution in [2.24, 2.45) is 5.92 Å². The first-order valence-corrected chi connectivity index (χ1v) is 15.4. The second kappa shape index (κ2) is 12.6. The number of aromatic nitrogens is 2. The van der Waals surface area contributed by atoms with Gasteiger partial charge in [0.25, 0.3) is 5.91 Å². The summed E-state index contributed by atoms with van der Waals surface area (Å²) in [4.78, 5) is 29.8. The first kappa shape index (κ1) is 28.5. The maximum atomic E-state index is 14.0. The average molecular weight is 548 g/mol. The van der Waals surface area contributed by atoms with Crippen LogP contribution < -0.4 is 15.7 Å². The minimum Gasteiger partial charge on any atom is -0.391 e. The number of amides is 1. The molecule has 1 aliphatic carbocycles. The van der Waals surface area contributed by atoms with Gasteiger partial charge in [0.05, 0.1) is 23.6 Å². The Labute approximate surface area is 225 Å². The normalized spacial score (nSPS) is 20.7. The maximum Gasteiger partial charge on any atom is 0.329 e. The van der Waals surface area contributed by atoms with Crippen molar-refractivity contribution in [3.8, 4) is 11.3 Å². The Morgan fingerprint density at radius 3 is 2.47 bits per heavy atom. The third kappa shape index (κ3) is 6.56. The van der Waals surface area contributed by atoms with E-state index in [1.54, 1.807) is 9.47 Å². The van der Waals surface area contributed by atoms with Crippen LogP contribution in [0, 0.1) is 5.92 Å². The average Bonchev–Trinajstić information content (AvgIpc) is 3.18. The summed E-state index contributed by atoms with van der Waals surface area (Å²) in [6.07, 6.45) is 2.73. The number of rotatable bonds is 10. The molecule has 1 unspecified atom stereocenters. The van der Waals surface area contributed by atoms with Crippen LogP contribution in [0.15, 0.2) is 35.1 Å². The second-order valence-corrected chi connectivity index (χ2v) is 12.6. The fourth-order valence-corrected chi connectivity index (χ4v) is 6.99. The largest absolute Gasteiger partial charge is 0.391 e. The van der Waals surface area contributed by atoms with E-state index in [-0.39, 0.29) is 36.4 Å². The maximum absolute atomic E-state index is 14.0. The van der Waals surface area contributed by atoms with Crippen molar-refractivity contribution in [2.75, 3.05) is 38.5 Å². The number of hydrogen-bond donors (Lipinski definition) is 3. The molecule has 4 rings (SSSR count). The summed E-state index contributed by atoms with van der Waals surface area (Å²) in [7, 11) is -3.42. The van der Waals surface area contributed by atoms with E-state index >= 15 is 0 Å². The lowest BCUT2D eigenvalue weighted by Crippen LogP contribution is -2.47. The molecule has 2 heterocycles. The molecule has 2 aliphatic rings. The van der Waals surface area contributed by atoms with E-state index in [9.17, 15) is 23.1 Å². The number of piperazine rings is 1. The topological polar surface area (TPSA) is 126 Å². The molecule has 2 aromatic rings. The van der Waals surface area contributed by atoms with E-state index in [1.165, 1.54) is 4.57 Å². The highest BCUT2D eigenvalue weighted by atomic mass is 32.2. The fourth-order valence-electron chi connectivity index (χ4n) is 5.54. The summed E-state index contributed by atoms with van der Waals surface area (Å²) in [5.41, 5.74) is 1.26. The SMILES string of the molecule is CC(C)CS(=O)(=O)NCCCn1c(C(=O)N2CCNCC2)c(-c2ccccc2)n(C2CCCC[C@H]2O)c1=O. The van der Waals surface area contributed by atoms with Crippen LogP contribution in [0.4, 0.5) is 0 Å². The highest BCUT2D eigenvalue weighted by Crippen LogP contribution is 2.34. The molecule has 0 bridgehead atoms. The molecular formula is C27H41N5O5S. The van der Waals surface area contributed by atoms with Crippen LogP contribution in [0.5, 0.6) is 0 Å². The van der Waals surface area contributed by atoms with Crippen molar-refractivity contribution in [3.63, 3.8) is 0 Å². The van der Waals surface area contributed by atoms with Crippen LogP contribution in [0.2, 0.25) is 0 Å². The molecule has 2 fully saturated rings. The molecule has 1 amide bonds. The number of aliphatic hydroxyl groups excluding tert-OH is 1. The van der Waals surface area contributed by atoms with Gasteiger partial charge in [-0.05, 0) is 25.2 Å². The zero-order chi connectivity index (χ0) is 27.3. The van der Waals surface area contributed by atoms with Crippen LogP contribution in [0.1, 0.15) is 62.5 Å². The first-order chi connectivity index (χ1) is 18.2. The number of carbonyl (C=O) groups is 1. The Hall–Kier alpha value is -2.47. The number of nitrogens with zero attached hydrogens (tertiary/aromatic N) is 3. The van der Waals surface area contributed by atoms with Crippen molar-refractivity contribution in [1.82, 2.24) is 24.1 Å². The zero-order valence-electron chi connectivity index (χ0n) is 22.4. The van der Waals surface area contributed by atoms with E-state index < -0.39 is 22.2 Å². The molecule has 1 aliphatic heterocycles. The van der Waals surface area contributed by atoms with E-state index in [0.717, 1.165) is 18.4 Å². The van der Waals surface area contributed by atoms with Gasteiger partial charge >= 0.3 is 5.69 Å². The highest BCUT2D eigenvalue weighted by Gasteiger charge is 2.35. The molecule has 210 valence electrons. The van der Waals surface area contributed by atoms with Gasteiger partial charge in [-0.25, -0.2) is 17.9 Å². The highest BCUT2D eigenvalue weighted by molar-refractivity contribution is 7.89. The molecule has 11 heteroatoms. The summed E-state index contributed by atoms with van der Waals surface area (Å²) < 4.78 is 30.4. The van der Waals surface area contributed by atoms with Gasteiger partial charge in [-0.2, -0.15) is 0 Å². The summed E-state index contributed by atoms with van der Waals surface area (Å²) in [5.74, 6) is -0.178. The molecule has 2 atom stereocenters. The van der Waals surface area contributed by atoms with E-state index in [4.69, 9.17) is 0 Å². The van der Waals surface area contributed by atoms with Crippen LogP contribution in [0.25, 0.3) is 11.3 Å². The van der Waals surface area contributed by atoms with Gasteiger partial charge in [0.2, 0.25) is 10.0 Å². The predicted octanol–water partition coefficient (Wildman–Crippen LogP) is 1.80. The minimum absolute atomic E-state index is 0.00256. The summed E-state index contributed by atoms with van der Waals surface area (Å²) in [6.45, 7) is 6.47. The Bertz CT molecular complexity index is 1250. The second-order valence-electron chi connectivity index (χ2n) is 10.8. The van der Waals surface area contributed by atoms with Crippen LogP contribution >= 0.6 is 0 Å². The lowest BCUT2D eigenvalue weighted by Gasteiger charge is -2.30. The van der Waals surface area contributed by atoms with Crippen LogP contribution in [-0.2, 0) is 16.6 Å². The molecule has 1 aromatic carbocycles. The van der Waals surface area contributed by atoms with Gasteiger partial charge in [0.15, 0.2) is 0 Å². The Kier molecular flexibility index (Phi) is 9.45. The van der Waals surface area contributed by atoms with Gasteiger partial charge in [-0.15, -0.1) is 0 Å². The van der Waals surface area contributed by atoms with E-state index in [0.29, 0.717) is 56.8 Å². The smallest absolute Gasteiger partial charge is 0.329 e. The molecule has 1 aromatic heterocycles. The van der Waals surface area contributed by atoms with Gasteiger partial charge in [0, 0.05) is 44.8 Å². The van der Waals surface area contributed by atoms with E-state index in [1.807, 2.05) is 44.2 Å². The Morgan fingerprint density at radius 1 is 1.13 bits per heavy atom. The quantitative estimate of drug-likeness (QED) is 0.390. The first-order valence-electron chi connectivity index (χ1n) is 13.8. The number of sulfonamides is 1. The van der Waals surface area contributed by atoms with Crippen molar-refractivity contribution in [1.29, 1.82) is 0 Å². The molecule has 0 radical (unpaired) electrons. The predicted molar refractivity (Wildman–Crippen MR) is 148 cm³/mol. The van der Waals surface area contributed by atoms with E-state index in [2.05, 4.69) is 10.0 Å². The number of nitrogens with one attached hydrogen (secondary N) is 2. The van der Waals surface area contributed by atoms with Gasteiger partial charge < -0.3 is 15.3 Å². The monoisotopic (exact) mass is 547 g/mol. The van der Waals surface area contributed by atoms with Crippen LogP contribution in [0.3, 0.4) is 0 Å². The van der Waals surface area contributed by atoms with Gasteiger partial charge in [0.1, 0.15) is 5.69 Å². The molecule has 0 spiro atoms. The molecule has 10 nitrogen and oxygen atoms in total. The van der Waals surface area contributed by atoms with Crippen molar-refractivity contribution >= 4 is 15.9 Å². The summed E-state index contributed by atoms with van der Waals surface area (Å²) in [6, 6.07) is 8.99. The van der Waals surface area contributed by atoms with Crippen molar-refractivity contribution < 1.29 is 18.3 Å². The van der Waals surface area contributed by atoms with Crippen molar-refractivity contribution in [2.45, 2.75) is 64.6 Å². The minimum atomic E-state index is -3.42. The molecule has 3 N–H and O–H groups in total. The number of benzene rings is 1. The fraction of sp³-hybridized carbons (Fsp3) is 0.630. The zero-order valence-corrected chi connectivity index (χ0v) is 23.3. The standard InChI is InChI=1S/C27H41N5O5S/c1-20(2)19-38(36,37)29-13-8-16-31-25(26(34)30-17-14-28-15-18-30)24(21-9-4-3-5-10-21)32(27(31)35)22-11-6-7-12-23(22)33/h3-5,9-10,20,22-23,28-29,33H,6-8,11-19H2,1-2H3/t22?,23-/m1/s1. The third-order valence-electron chi connectivity index (χ3n) is 7.28. The number of hydrogen-bond acceptors (Lipinski definition) is 6. The summed E-state index contributed by atoms with van der Waals surface area (Å²) in [5, 5.41) is 14.2. The van der Waals surface area contributed by atoms with Gasteiger partial charge in [-0.1, -0.05) is 57.0 Å².